The van der Waals surface area contributed by atoms with Crippen LogP contribution in [0.3, 0.4) is 0 Å². The lowest BCUT2D eigenvalue weighted by atomic mass is 10.0. The van der Waals surface area contributed by atoms with E-state index in [0.717, 1.165) is 25.0 Å². The topological polar surface area (TPSA) is 93.0 Å². The lowest BCUT2D eigenvalue weighted by molar-refractivity contribution is 0.0937. The number of aromatic amines is 1. The molecule has 0 spiro atoms. The fourth-order valence-corrected chi connectivity index (χ4v) is 2.38. The summed E-state index contributed by atoms with van der Waals surface area (Å²) in [6, 6.07) is 1.85. The molecular weight excluding hydrogens is 244 g/mol. The largest absolute Gasteiger partial charge is 0.446 e. The first-order valence-electron chi connectivity index (χ1n) is 6.63. The molecule has 0 radical (unpaired) electrons. The summed E-state index contributed by atoms with van der Waals surface area (Å²) in [5, 5.41) is 9.66. The number of alkyl carbamates (subject to hydrolysis) is 1. The number of nitrogens with one attached hydrogen (secondary N) is 2. The molecule has 19 heavy (non-hydrogen) atoms. The monoisotopic (exact) mass is 266 g/mol. The quantitative estimate of drug-likeness (QED) is 0.764. The maximum Gasteiger partial charge on any atom is 0.407 e. The van der Waals surface area contributed by atoms with E-state index in [2.05, 4.69) is 15.5 Å². The van der Waals surface area contributed by atoms with Crippen molar-refractivity contribution in [1.82, 2.24) is 15.5 Å². The van der Waals surface area contributed by atoms with Crippen LogP contribution in [-0.4, -0.2) is 27.9 Å². The molecule has 0 aliphatic heterocycles. The molecule has 1 aromatic heterocycles. The number of nitrogen functional groups attached to an aromatic ring is 1. The number of H-pyrrole nitrogens is 1. The average Bonchev–Trinajstić information content (AvgIpc) is 2.83. The van der Waals surface area contributed by atoms with Gasteiger partial charge in [-0.3, -0.25) is 5.10 Å². The average molecular weight is 266 g/mol. The first kappa shape index (κ1) is 13.7. The minimum atomic E-state index is -0.345. The Kier molecular flexibility index (Phi) is 3.68. The van der Waals surface area contributed by atoms with Gasteiger partial charge in [-0.25, -0.2) is 4.79 Å². The van der Waals surface area contributed by atoms with Crippen LogP contribution in [0.5, 0.6) is 0 Å². The number of aromatic nitrogens is 2. The van der Waals surface area contributed by atoms with Gasteiger partial charge < -0.3 is 15.8 Å². The number of ether oxygens (including phenoxy) is 1. The van der Waals surface area contributed by atoms with Crippen LogP contribution < -0.4 is 11.1 Å². The van der Waals surface area contributed by atoms with Gasteiger partial charge in [-0.1, -0.05) is 0 Å². The maximum atomic E-state index is 11.7. The Morgan fingerprint density at radius 2 is 2.26 bits per heavy atom. The van der Waals surface area contributed by atoms with Crippen molar-refractivity contribution in [2.24, 2.45) is 0 Å². The predicted molar refractivity (Wildman–Crippen MR) is 72.7 cm³/mol. The molecule has 1 aliphatic carbocycles. The number of carbonyl (C=O) groups is 1. The van der Waals surface area contributed by atoms with Gasteiger partial charge in [0, 0.05) is 23.2 Å². The second kappa shape index (κ2) is 5.11. The Hall–Kier alpha value is -1.72. The van der Waals surface area contributed by atoms with Crippen LogP contribution >= 0.6 is 0 Å². The Bertz CT molecular complexity index is 450. The highest BCUT2D eigenvalue weighted by atomic mass is 16.6. The minimum absolute atomic E-state index is 0.0307. The Labute approximate surface area is 113 Å². The first-order chi connectivity index (χ1) is 8.83. The molecule has 0 bridgehead atoms. The maximum absolute atomic E-state index is 11.7. The van der Waals surface area contributed by atoms with E-state index in [1.54, 1.807) is 0 Å². The Balaban J connectivity index is 1.84. The van der Waals surface area contributed by atoms with Crippen molar-refractivity contribution in [2.45, 2.75) is 57.6 Å². The summed E-state index contributed by atoms with van der Waals surface area (Å²) >= 11 is 0. The molecule has 1 unspecified atom stereocenters. The minimum Gasteiger partial charge on any atom is -0.446 e. The standard InChI is InChI=1S/C13H22N4O2/c1-13(2,3)15-12(18)19-9-5-4-8(6-9)10-7-11(14)17-16-10/h7-9H,4-6H2,1-3H3,(H,15,18)(H3,14,16,17)/t8?,9-/m1/s1. The molecule has 1 saturated carbocycles. The van der Waals surface area contributed by atoms with E-state index in [0.29, 0.717) is 11.7 Å². The van der Waals surface area contributed by atoms with Crippen molar-refractivity contribution in [3.05, 3.63) is 11.8 Å². The molecular formula is C13H22N4O2. The molecule has 0 saturated heterocycles. The normalized spacial score (nSPS) is 23.3. The van der Waals surface area contributed by atoms with Crippen LogP contribution in [0.1, 0.15) is 51.6 Å². The smallest absolute Gasteiger partial charge is 0.407 e. The van der Waals surface area contributed by atoms with E-state index < -0.39 is 0 Å². The van der Waals surface area contributed by atoms with Crippen LogP contribution in [-0.2, 0) is 4.74 Å². The summed E-state index contributed by atoms with van der Waals surface area (Å²) in [6.45, 7) is 5.79. The number of rotatable bonds is 2. The van der Waals surface area contributed by atoms with Gasteiger partial charge in [0.15, 0.2) is 0 Å². The molecule has 4 N–H and O–H groups in total. The molecule has 1 aliphatic rings. The van der Waals surface area contributed by atoms with Gasteiger partial charge in [0.2, 0.25) is 0 Å². The van der Waals surface area contributed by atoms with E-state index in [9.17, 15) is 4.79 Å². The third-order valence-electron chi connectivity index (χ3n) is 3.19. The van der Waals surface area contributed by atoms with Crippen molar-refractivity contribution < 1.29 is 9.53 Å². The summed E-state index contributed by atoms with van der Waals surface area (Å²) in [4.78, 5) is 11.7. The van der Waals surface area contributed by atoms with E-state index in [1.165, 1.54) is 0 Å². The molecule has 1 fully saturated rings. The number of amides is 1. The van der Waals surface area contributed by atoms with Gasteiger partial charge in [0.25, 0.3) is 0 Å². The van der Waals surface area contributed by atoms with Gasteiger partial charge >= 0.3 is 6.09 Å². The number of nitrogens with zero attached hydrogens (tertiary/aromatic N) is 1. The van der Waals surface area contributed by atoms with Gasteiger partial charge in [-0.15, -0.1) is 0 Å². The summed E-state index contributed by atoms with van der Waals surface area (Å²) in [5.41, 5.74) is 6.35. The van der Waals surface area contributed by atoms with E-state index in [1.807, 2.05) is 26.8 Å². The third kappa shape index (κ3) is 3.87. The molecule has 1 heterocycles. The van der Waals surface area contributed by atoms with Gasteiger partial charge in [-0.2, -0.15) is 5.10 Å². The van der Waals surface area contributed by atoms with E-state index in [4.69, 9.17) is 10.5 Å². The highest BCUT2D eigenvalue weighted by Gasteiger charge is 2.30. The van der Waals surface area contributed by atoms with Crippen molar-refractivity contribution in [2.75, 3.05) is 5.73 Å². The Morgan fingerprint density at radius 1 is 1.53 bits per heavy atom. The molecule has 106 valence electrons. The molecule has 0 aromatic carbocycles. The van der Waals surface area contributed by atoms with Crippen LogP contribution in [0, 0.1) is 0 Å². The van der Waals surface area contributed by atoms with Crippen LogP contribution in [0.2, 0.25) is 0 Å². The van der Waals surface area contributed by atoms with Crippen LogP contribution in [0.15, 0.2) is 6.07 Å². The van der Waals surface area contributed by atoms with Gasteiger partial charge in [-0.05, 0) is 40.0 Å². The van der Waals surface area contributed by atoms with Crippen LogP contribution in [0.25, 0.3) is 0 Å². The molecule has 6 nitrogen and oxygen atoms in total. The molecule has 2 rings (SSSR count). The summed E-state index contributed by atoms with van der Waals surface area (Å²) in [5.74, 6) is 0.849. The highest BCUT2D eigenvalue weighted by molar-refractivity contribution is 5.68. The fraction of sp³-hybridized carbons (Fsp3) is 0.692. The van der Waals surface area contributed by atoms with Crippen molar-refractivity contribution in [3.8, 4) is 0 Å². The number of hydrogen-bond donors (Lipinski definition) is 3. The molecule has 2 atom stereocenters. The van der Waals surface area contributed by atoms with Crippen molar-refractivity contribution in [1.29, 1.82) is 0 Å². The van der Waals surface area contributed by atoms with Crippen LogP contribution in [0.4, 0.5) is 10.6 Å². The summed E-state index contributed by atoms with van der Waals surface area (Å²) < 4.78 is 5.43. The molecule has 1 amide bonds. The second-order valence-corrected chi connectivity index (χ2v) is 6.16. The van der Waals surface area contributed by atoms with Crippen molar-refractivity contribution in [3.63, 3.8) is 0 Å². The summed E-state index contributed by atoms with van der Waals surface area (Å²) in [7, 11) is 0. The lowest BCUT2D eigenvalue weighted by Gasteiger charge is -2.22. The first-order valence-corrected chi connectivity index (χ1v) is 6.63. The second-order valence-electron chi connectivity index (χ2n) is 6.16. The van der Waals surface area contributed by atoms with Gasteiger partial charge in [0.05, 0.1) is 0 Å². The number of carbonyl (C=O) groups excluding carboxylic acids is 1. The number of hydrogen-bond acceptors (Lipinski definition) is 4. The third-order valence-corrected chi connectivity index (χ3v) is 3.19. The highest BCUT2D eigenvalue weighted by Crippen LogP contribution is 2.35. The van der Waals surface area contributed by atoms with Gasteiger partial charge in [0.1, 0.15) is 11.9 Å². The molecule has 6 heteroatoms. The van der Waals surface area contributed by atoms with Crippen molar-refractivity contribution >= 4 is 11.9 Å². The Morgan fingerprint density at radius 3 is 2.84 bits per heavy atom. The zero-order valence-corrected chi connectivity index (χ0v) is 11.7. The lowest BCUT2D eigenvalue weighted by Crippen LogP contribution is -2.42. The zero-order chi connectivity index (χ0) is 14.0. The van der Waals surface area contributed by atoms with E-state index >= 15 is 0 Å². The molecule has 1 aromatic rings. The number of anilines is 1. The predicted octanol–water partition coefficient (Wildman–Crippen LogP) is 2.15. The zero-order valence-electron chi connectivity index (χ0n) is 11.7. The SMILES string of the molecule is CC(C)(C)NC(=O)O[C@@H]1CCC(c2cc(N)n[nH]2)C1. The summed E-state index contributed by atoms with van der Waals surface area (Å²) in [6.07, 6.45) is 2.30. The number of nitrogens with two attached hydrogens (primary N) is 1. The fourth-order valence-electron chi connectivity index (χ4n) is 2.38. The van der Waals surface area contributed by atoms with E-state index in [-0.39, 0.29) is 17.7 Å².